The topological polar surface area (TPSA) is 38.9 Å². The Balaban J connectivity index is 2.64. The van der Waals surface area contributed by atoms with Gasteiger partial charge < -0.3 is 5.73 Å². The molecule has 1 aromatic rings. The first-order valence-electron chi connectivity index (χ1n) is 4.29. The molecule has 0 saturated carbocycles. The van der Waals surface area contributed by atoms with Crippen LogP contribution in [0, 0.1) is 5.92 Å². The molecule has 0 spiro atoms. The zero-order valence-corrected chi connectivity index (χ0v) is 8.69. The van der Waals surface area contributed by atoms with Gasteiger partial charge in [0.1, 0.15) is 0 Å². The van der Waals surface area contributed by atoms with E-state index in [2.05, 4.69) is 24.2 Å². The summed E-state index contributed by atoms with van der Waals surface area (Å²) in [6, 6.07) is 0.0714. The van der Waals surface area contributed by atoms with Crippen LogP contribution in [0.3, 0.4) is 0 Å². The van der Waals surface area contributed by atoms with Crippen molar-refractivity contribution in [1.29, 1.82) is 0 Å². The van der Waals surface area contributed by atoms with Gasteiger partial charge in [0.15, 0.2) is 0 Å². The summed E-state index contributed by atoms with van der Waals surface area (Å²) in [4.78, 5) is 4.44. The predicted molar refractivity (Wildman–Crippen MR) is 53.3 cm³/mol. The van der Waals surface area contributed by atoms with E-state index in [0.717, 1.165) is 12.1 Å². The lowest BCUT2D eigenvalue weighted by Crippen LogP contribution is -2.05. The Morgan fingerprint density at radius 2 is 2.17 bits per heavy atom. The molecule has 0 radical (unpaired) electrons. The van der Waals surface area contributed by atoms with E-state index in [1.807, 2.05) is 6.92 Å². The Morgan fingerprint density at radius 3 is 2.58 bits per heavy atom. The molecule has 0 aliphatic rings. The molecule has 0 aromatic carbocycles. The molecule has 1 heterocycles. The number of hydrogen-bond donors (Lipinski definition) is 1. The van der Waals surface area contributed by atoms with E-state index in [1.54, 1.807) is 11.3 Å². The maximum atomic E-state index is 5.70. The average molecular weight is 184 g/mol. The Hall–Kier alpha value is -0.410. The lowest BCUT2D eigenvalue weighted by Gasteiger charge is -2.00. The van der Waals surface area contributed by atoms with Crippen LogP contribution in [0.25, 0.3) is 0 Å². The fourth-order valence-corrected chi connectivity index (χ4v) is 2.09. The first-order chi connectivity index (χ1) is 5.59. The molecular formula is C9H16N2S. The third-order valence-electron chi connectivity index (χ3n) is 1.62. The zero-order valence-electron chi connectivity index (χ0n) is 7.87. The van der Waals surface area contributed by atoms with Crippen LogP contribution < -0.4 is 5.73 Å². The molecule has 0 bridgehead atoms. The molecule has 68 valence electrons. The van der Waals surface area contributed by atoms with E-state index in [9.17, 15) is 0 Å². The highest BCUT2D eigenvalue weighted by Gasteiger charge is 2.06. The van der Waals surface area contributed by atoms with Crippen molar-refractivity contribution in [3.8, 4) is 0 Å². The van der Waals surface area contributed by atoms with Crippen LogP contribution in [0.4, 0.5) is 0 Å². The number of nitrogens with zero attached hydrogens (tertiary/aromatic N) is 1. The van der Waals surface area contributed by atoms with Gasteiger partial charge in [-0.2, -0.15) is 0 Å². The molecule has 0 amide bonds. The van der Waals surface area contributed by atoms with Crippen LogP contribution in [0.2, 0.25) is 0 Å². The summed E-state index contributed by atoms with van der Waals surface area (Å²) in [7, 11) is 0. The Labute approximate surface area is 77.8 Å². The van der Waals surface area contributed by atoms with Gasteiger partial charge in [0, 0.05) is 17.8 Å². The van der Waals surface area contributed by atoms with Crippen molar-refractivity contribution in [3.05, 3.63) is 16.1 Å². The quantitative estimate of drug-likeness (QED) is 0.783. The SMILES string of the molecule is CC(C)Cc1nc([C@H](C)N)cs1. The van der Waals surface area contributed by atoms with Crippen LogP contribution in [-0.2, 0) is 6.42 Å². The van der Waals surface area contributed by atoms with Crippen molar-refractivity contribution >= 4 is 11.3 Å². The molecule has 0 saturated heterocycles. The predicted octanol–water partition coefficient (Wildman–Crippen LogP) is 2.36. The van der Waals surface area contributed by atoms with Crippen molar-refractivity contribution in [2.45, 2.75) is 33.2 Å². The van der Waals surface area contributed by atoms with Crippen molar-refractivity contribution in [2.75, 3.05) is 0 Å². The molecule has 2 nitrogen and oxygen atoms in total. The van der Waals surface area contributed by atoms with E-state index in [4.69, 9.17) is 5.73 Å². The van der Waals surface area contributed by atoms with Crippen molar-refractivity contribution in [2.24, 2.45) is 11.7 Å². The number of rotatable bonds is 3. The van der Waals surface area contributed by atoms with Crippen molar-refractivity contribution < 1.29 is 0 Å². The normalized spacial score (nSPS) is 13.8. The fraction of sp³-hybridized carbons (Fsp3) is 0.667. The van der Waals surface area contributed by atoms with E-state index in [-0.39, 0.29) is 6.04 Å². The maximum absolute atomic E-state index is 5.70. The van der Waals surface area contributed by atoms with E-state index < -0.39 is 0 Å². The molecule has 1 aromatic heterocycles. The molecule has 0 aliphatic heterocycles. The smallest absolute Gasteiger partial charge is 0.0931 e. The second-order valence-corrected chi connectivity index (χ2v) is 4.50. The third kappa shape index (κ3) is 2.57. The molecule has 3 heteroatoms. The van der Waals surface area contributed by atoms with E-state index in [0.29, 0.717) is 5.92 Å². The Morgan fingerprint density at radius 1 is 1.50 bits per heavy atom. The summed E-state index contributed by atoms with van der Waals surface area (Å²) >= 11 is 1.72. The van der Waals surface area contributed by atoms with Gasteiger partial charge in [-0.3, -0.25) is 0 Å². The molecule has 1 rings (SSSR count). The van der Waals surface area contributed by atoms with Gasteiger partial charge in [0.25, 0.3) is 0 Å². The second kappa shape index (κ2) is 4.01. The molecule has 1 atom stereocenters. The second-order valence-electron chi connectivity index (χ2n) is 3.55. The fourth-order valence-electron chi connectivity index (χ4n) is 0.977. The van der Waals surface area contributed by atoms with Crippen molar-refractivity contribution in [3.63, 3.8) is 0 Å². The Bertz CT molecular complexity index is 240. The minimum Gasteiger partial charge on any atom is -0.323 e. The van der Waals surface area contributed by atoms with Crippen LogP contribution in [0.1, 0.15) is 37.5 Å². The van der Waals surface area contributed by atoms with Gasteiger partial charge in [0.2, 0.25) is 0 Å². The third-order valence-corrected chi connectivity index (χ3v) is 2.51. The first-order valence-corrected chi connectivity index (χ1v) is 5.17. The maximum Gasteiger partial charge on any atom is 0.0931 e. The van der Waals surface area contributed by atoms with E-state index in [1.165, 1.54) is 5.01 Å². The van der Waals surface area contributed by atoms with Crippen LogP contribution in [0.5, 0.6) is 0 Å². The van der Waals surface area contributed by atoms with Gasteiger partial charge >= 0.3 is 0 Å². The average Bonchev–Trinajstić information content (AvgIpc) is 2.34. The highest BCUT2D eigenvalue weighted by molar-refractivity contribution is 7.09. The van der Waals surface area contributed by atoms with Gasteiger partial charge in [-0.25, -0.2) is 4.98 Å². The highest BCUT2D eigenvalue weighted by Crippen LogP contribution is 2.17. The van der Waals surface area contributed by atoms with E-state index >= 15 is 0 Å². The summed E-state index contributed by atoms with van der Waals surface area (Å²) in [5.41, 5.74) is 6.73. The lowest BCUT2D eigenvalue weighted by atomic mass is 10.1. The Kier molecular flexibility index (Phi) is 3.23. The molecular weight excluding hydrogens is 168 g/mol. The summed E-state index contributed by atoms with van der Waals surface area (Å²) in [5, 5.41) is 3.26. The number of thiazole rings is 1. The van der Waals surface area contributed by atoms with Gasteiger partial charge in [-0.1, -0.05) is 13.8 Å². The minimum atomic E-state index is 0.0714. The molecule has 0 aliphatic carbocycles. The first kappa shape index (κ1) is 9.68. The molecule has 0 unspecified atom stereocenters. The summed E-state index contributed by atoms with van der Waals surface area (Å²) in [6.07, 6.45) is 1.07. The number of hydrogen-bond acceptors (Lipinski definition) is 3. The lowest BCUT2D eigenvalue weighted by molar-refractivity contribution is 0.640. The number of nitrogens with two attached hydrogens (primary N) is 1. The number of aromatic nitrogens is 1. The summed E-state index contributed by atoms with van der Waals surface area (Å²) < 4.78 is 0. The van der Waals surface area contributed by atoms with Crippen LogP contribution in [-0.4, -0.2) is 4.98 Å². The molecule has 2 N–H and O–H groups in total. The minimum absolute atomic E-state index is 0.0714. The molecule has 0 fully saturated rings. The summed E-state index contributed by atoms with van der Waals surface area (Å²) in [5.74, 6) is 0.678. The monoisotopic (exact) mass is 184 g/mol. The van der Waals surface area contributed by atoms with Gasteiger partial charge in [-0.05, 0) is 12.8 Å². The largest absolute Gasteiger partial charge is 0.323 e. The van der Waals surface area contributed by atoms with Crippen LogP contribution >= 0.6 is 11.3 Å². The van der Waals surface area contributed by atoms with Gasteiger partial charge in [0.05, 0.1) is 10.7 Å². The highest BCUT2D eigenvalue weighted by atomic mass is 32.1. The van der Waals surface area contributed by atoms with Gasteiger partial charge in [-0.15, -0.1) is 11.3 Å². The standard InChI is InChI=1S/C9H16N2S/c1-6(2)4-9-11-8(5-12-9)7(3)10/h5-7H,4,10H2,1-3H3/t7-/m0/s1. The van der Waals surface area contributed by atoms with Crippen LogP contribution in [0.15, 0.2) is 5.38 Å². The zero-order chi connectivity index (χ0) is 9.14. The van der Waals surface area contributed by atoms with Crippen molar-refractivity contribution in [1.82, 2.24) is 4.98 Å². The summed E-state index contributed by atoms with van der Waals surface area (Å²) in [6.45, 7) is 6.37. The molecule has 12 heavy (non-hydrogen) atoms.